The van der Waals surface area contributed by atoms with E-state index >= 15 is 0 Å². The molecular formula is C18H19F3N6O2. The number of nitrogens with zero attached hydrogens (tertiary/aromatic N) is 5. The summed E-state index contributed by atoms with van der Waals surface area (Å²) in [4.78, 5) is 16.8. The highest BCUT2D eigenvalue weighted by Gasteiger charge is 2.72. The molecule has 0 saturated heterocycles. The zero-order valence-corrected chi connectivity index (χ0v) is 15.8. The minimum atomic E-state index is -2.84. The molecule has 29 heavy (non-hydrogen) atoms. The second kappa shape index (κ2) is 6.90. The fraction of sp³-hybridized carbons (Fsp3) is 0.500. The number of nitrogens with one attached hydrogen (secondary N) is 1. The number of carbonyl (C=O) groups excluding carboxylic acids is 1. The van der Waals surface area contributed by atoms with Crippen LogP contribution in [0.3, 0.4) is 0 Å². The lowest BCUT2D eigenvalue weighted by Crippen LogP contribution is -2.73. The van der Waals surface area contributed by atoms with E-state index in [4.69, 9.17) is 4.42 Å². The maximum absolute atomic E-state index is 13.8. The van der Waals surface area contributed by atoms with Crippen LogP contribution in [0.5, 0.6) is 0 Å². The molecule has 0 spiro atoms. The van der Waals surface area contributed by atoms with Gasteiger partial charge in [-0.3, -0.25) is 9.78 Å². The summed E-state index contributed by atoms with van der Waals surface area (Å²) in [6.07, 6.45) is 1.14. The first-order valence-corrected chi connectivity index (χ1v) is 9.01. The van der Waals surface area contributed by atoms with E-state index in [0.717, 1.165) is 0 Å². The average molecular weight is 408 g/mol. The van der Waals surface area contributed by atoms with E-state index in [0.29, 0.717) is 30.5 Å². The van der Waals surface area contributed by atoms with Crippen molar-refractivity contribution < 1.29 is 22.4 Å². The molecule has 0 aliphatic heterocycles. The fourth-order valence-electron chi connectivity index (χ4n) is 4.17. The third kappa shape index (κ3) is 3.39. The lowest BCUT2D eigenvalue weighted by molar-refractivity contribution is -0.229. The molecule has 1 atom stereocenters. The summed E-state index contributed by atoms with van der Waals surface area (Å²) < 4.78 is 43.7. The number of hydrogen-bond donors (Lipinski definition) is 1. The first-order chi connectivity index (χ1) is 13.8. The van der Waals surface area contributed by atoms with Gasteiger partial charge in [-0.2, -0.15) is 13.9 Å². The maximum Gasteiger partial charge on any atom is 0.314 e. The van der Waals surface area contributed by atoms with Gasteiger partial charge in [0.2, 0.25) is 5.89 Å². The average Bonchev–Trinajstić information content (AvgIpc) is 3.15. The van der Waals surface area contributed by atoms with Crippen molar-refractivity contribution in [2.24, 2.45) is 10.5 Å². The summed E-state index contributed by atoms with van der Waals surface area (Å²) in [5, 5.41) is 15.1. The Morgan fingerprint density at radius 2 is 2.07 bits per heavy atom. The first kappa shape index (κ1) is 19.5. The third-order valence-corrected chi connectivity index (χ3v) is 5.50. The molecule has 1 amide bonds. The topological polar surface area (TPSA) is 96.5 Å². The monoisotopic (exact) mass is 408 g/mol. The van der Waals surface area contributed by atoms with Crippen LogP contribution in [0.25, 0.3) is 11.5 Å². The Balaban J connectivity index is 1.39. The van der Waals surface area contributed by atoms with E-state index in [9.17, 15) is 18.0 Å². The number of pyridine rings is 1. The fourth-order valence-corrected chi connectivity index (χ4v) is 4.17. The zero-order chi connectivity index (χ0) is 20.8. The SMILES string of the molecule is CNC(C(=O)N(C)/N=C/c1ccc(-c2nnc(C(F)F)o2)cn1)C12CC(F)(C1)C2. The van der Waals surface area contributed by atoms with Crippen LogP contribution in [0.1, 0.15) is 37.3 Å². The smallest absolute Gasteiger partial charge is 0.314 e. The van der Waals surface area contributed by atoms with E-state index in [1.807, 2.05) is 0 Å². The molecule has 2 heterocycles. The Bertz CT molecular complexity index is 926. The largest absolute Gasteiger partial charge is 0.415 e. The van der Waals surface area contributed by atoms with Crippen molar-refractivity contribution in [3.63, 3.8) is 0 Å². The van der Waals surface area contributed by atoms with E-state index in [1.165, 1.54) is 24.5 Å². The number of likely N-dealkylation sites (N-methyl/N-ethyl adjacent to an activating group) is 2. The lowest BCUT2D eigenvalue weighted by Gasteiger charge is -2.68. The van der Waals surface area contributed by atoms with Crippen LogP contribution in [-0.2, 0) is 4.79 Å². The van der Waals surface area contributed by atoms with Gasteiger partial charge in [0.1, 0.15) is 5.67 Å². The molecule has 8 nitrogen and oxygen atoms in total. The van der Waals surface area contributed by atoms with Crippen molar-refractivity contribution in [2.45, 2.75) is 37.4 Å². The zero-order valence-electron chi connectivity index (χ0n) is 15.8. The number of aromatic nitrogens is 3. The first-order valence-electron chi connectivity index (χ1n) is 9.01. The molecule has 1 unspecified atom stereocenters. The van der Waals surface area contributed by atoms with E-state index < -0.39 is 24.0 Å². The van der Waals surface area contributed by atoms with E-state index in [-0.39, 0.29) is 17.2 Å². The van der Waals surface area contributed by atoms with Crippen molar-refractivity contribution in [1.29, 1.82) is 0 Å². The predicted octanol–water partition coefficient (Wildman–Crippen LogP) is 2.34. The van der Waals surface area contributed by atoms with Crippen LogP contribution in [0.4, 0.5) is 13.2 Å². The van der Waals surface area contributed by atoms with E-state index in [2.05, 4.69) is 25.6 Å². The van der Waals surface area contributed by atoms with Crippen molar-refractivity contribution in [1.82, 2.24) is 25.5 Å². The van der Waals surface area contributed by atoms with Gasteiger partial charge in [0.25, 0.3) is 11.8 Å². The Morgan fingerprint density at radius 3 is 2.59 bits per heavy atom. The molecule has 2 aromatic rings. The number of carbonyl (C=O) groups is 1. The van der Waals surface area contributed by atoms with Crippen LogP contribution >= 0.6 is 0 Å². The highest BCUT2D eigenvalue weighted by molar-refractivity contribution is 5.85. The van der Waals surface area contributed by atoms with Gasteiger partial charge in [-0.25, -0.2) is 9.40 Å². The Hall–Kier alpha value is -2.82. The van der Waals surface area contributed by atoms with Crippen molar-refractivity contribution in [3.05, 3.63) is 29.9 Å². The molecule has 11 heteroatoms. The molecule has 3 fully saturated rings. The molecule has 154 valence electrons. The molecular weight excluding hydrogens is 389 g/mol. The predicted molar refractivity (Wildman–Crippen MR) is 95.8 cm³/mol. The molecule has 1 N–H and O–H groups in total. The van der Waals surface area contributed by atoms with Crippen LogP contribution < -0.4 is 5.32 Å². The van der Waals surface area contributed by atoms with Gasteiger partial charge in [-0.05, 0) is 38.4 Å². The molecule has 3 saturated carbocycles. The molecule has 5 rings (SSSR count). The number of hydrogen-bond acceptors (Lipinski definition) is 7. The number of halogens is 3. The lowest BCUT2D eigenvalue weighted by atomic mass is 9.39. The highest BCUT2D eigenvalue weighted by Crippen LogP contribution is 2.71. The van der Waals surface area contributed by atoms with Gasteiger partial charge in [-0.15, -0.1) is 10.2 Å². The molecule has 3 aliphatic rings. The third-order valence-electron chi connectivity index (χ3n) is 5.50. The summed E-state index contributed by atoms with van der Waals surface area (Å²) in [7, 11) is 3.21. The summed E-state index contributed by atoms with van der Waals surface area (Å²) in [5.74, 6) is -1.07. The van der Waals surface area contributed by atoms with Gasteiger partial charge in [0, 0.05) is 18.7 Å². The normalized spacial score (nSPS) is 26.3. The number of amides is 1. The molecule has 2 aromatic heterocycles. The van der Waals surface area contributed by atoms with Crippen molar-refractivity contribution >= 4 is 12.1 Å². The summed E-state index contributed by atoms with van der Waals surface area (Å²) >= 11 is 0. The van der Waals surface area contributed by atoms with E-state index in [1.54, 1.807) is 19.2 Å². The number of alkyl halides is 3. The van der Waals surface area contributed by atoms with Crippen molar-refractivity contribution in [2.75, 3.05) is 14.1 Å². The van der Waals surface area contributed by atoms with Gasteiger partial charge in [-0.1, -0.05) is 0 Å². The van der Waals surface area contributed by atoms with Gasteiger partial charge in [0.05, 0.1) is 23.5 Å². The van der Waals surface area contributed by atoms with Gasteiger partial charge >= 0.3 is 6.43 Å². The van der Waals surface area contributed by atoms with Gasteiger partial charge < -0.3 is 9.73 Å². The van der Waals surface area contributed by atoms with Crippen LogP contribution in [-0.4, -0.2) is 58.1 Å². The number of rotatable bonds is 7. The minimum absolute atomic E-state index is 0.0651. The highest BCUT2D eigenvalue weighted by atomic mass is 19.3. The molecule has 3 aliphatic carbocycles. The second-order valence-electron chi connectivity index (χ2n) is 7.59. The van der Waals surface area contributed by atoms with Crippen LogP contribution in [0.2, 0.25) is 0 Å². The number of hydrazone groups is 1. The Morgan fingerprint density at radius 1 is 1.34 bits per heavy atom. The summed E-state index contributed by atoms with van der Waals surface area (Å²) in [5.41, 5.74) is -0.579. The molecule has 2 bridgehead atoms. The van der Waals surface area contributed by atoms with Gasteiger partial charge in [0.15, 0.2) is 0 Å². The molecule has 0 aromatic carbocycles. The second-order valence-corrected chi connectivity index (χ2v) is 7.59. The maximum atomic E-state index is 13.8. The molecule has 0 radical (unpaired) electrons. The Kier molecular flexibility index (Phi) is 4.64. The van der Waals surface area contributed by atoms with Crippen LogP contribution in [0, 0.1) is 5.41 Å². The van der Waals surface area contributed by atoms with Crippen LogP contribution in [0.15, 0.2) is 27.8 Å². The summed E-state index contributed by atoms with van der Waals surface area (Å²) in [6, 6.07) is 2.66. The standard InChI is InChI=1S/C18H19F3N6O2/c1-22-12(17-7-18(21,8-17)9-17)16(28)27(2)24-6-11-4-3-10(5-23-11)14-25-26-15(29-14)13(19)20/h3-6,12-13,22H,7-9H2,1-2H3/b24-6+. The summed E-state index contributed by atoms with van der Waals surface area (Å²) in [6.45, 7) is 0. The quantitative estimate of drug-likeness (QED) is 0.558. The van der Waals surface area contributed by atoms with Crippen molar-refractivity contribution in [3.8, 4) is 11.5 Å². The minimum Gasteiger partial charge on any atom is -0.415 e. The Labute approximate surface area is 164 Å².